The minimum Gasteiger partial charge on any atom is -0.480 e. The van der Waals surface area contributed by atoms with E-state index in [1.807, 2.05) is 0 Å². The standard InChI is InChI=1S/C7H12O4.Zn/c1-3-7(4-2,5(8)9)6(10)11;/h3-4H2,1-2H3,(H,8,9)(H,10,11);. The monoisotopic (exact) mass is 224 g/mol. The Morgan fingerprint density at radius 1 is 1.08 bits per heavy atom. The van der Waals surface area contributed by atoms with Crippen LogP contribution >= 0.6 is 0 Å². The Balaban J connectivity index is 0. The van der Waals surface area contributed by atoms with E-state index in [1.165, 1.54) is 0 Å². The first kappa shape index (κ1) is 14.1. The summed E-state index contributed by atoms with van der Waals surface area (Å²) in [6.07, 6.45) is 0.238. The van der Waals surface area contributed by atoms with Gasteiger partial charge in [0.25, 0.3) is 0 Å². The molecule has 0 aromatic carbocycles. The minimum absolute atomic E-state index is 0. The van der Waals surface area contributed by atoms with E-state index in [2.05, 4.69) is 0 Å². The van der Waals surface area contributed by atoms with Gasteiger partial charge in [0.15, 0.2) is 5.41 Å². The van der Waals surface area contributed by atoms with Gasteiger partial charge in [0.1, 0.15) is 0 Å². The van der Waals surface area contributed by atoms with Crippen LogP contribution in [0, 0.1) is 5.41 Å². The van der Waals surface area contributed by atoms with Gasteiger partial charge in [0.05, 0.1) is 0 Å². The summed E-state index contributed by atoms with van der Waals surface area (Å²) in [6, 6.07) is 0. The molecule has 0 atom stereocenters. The van der Waals surface area contributed by atoms with Crippen LogP contribution in [0.3, 0.4) is 0 Å². The molecule has 4 nitrogen and oxygen atoms in total. The van der Waals surface area contributed by atoms with Gasteiger partial charge in [-0.1, -0.05) is 13.8 Å². The molecule has 0 aromatic rings. The molecule has 66 valence electrons. The minimum atomic E-state index is -1.58. The first-order valence-corrected chi connectivity index (χ1v) is 3.48. The quantitative estimate of drug-likeness (QED) is 0.552. The molecule has 0 radical (unpaired) electrons. The maximum absolute atomic E-state index is 10.5. The fourth-order valence-corrected chi connectivity index (χ4v) is 0.946. The van der Waals surface area contributed by atoms with Gasteiger partial charge in [-0.05, 0) is 12.8 Å². The van der Waals surface area contributed by atoms with E-state index in [4.69, 9.17) is 10.2 Å². The molecule has 0 heterocycles. The van der Waals surface area contributed by atoms with Crippen molar-refractivity contribution in [1.29, 1.82) is 0 Å². The molecule has 2 N–H and O–H groups in total. The van der Waals surface area contributed by atoms with Crippen molar-refractivity contribution in [3.05, 3.63) is 0 Å². The van der Waals surface area contributed by atoms with Crippen molar-refractivity contribution in [3.63, 3.8) is 0 Å². The largest absolute Gasteiger partial charge is 0.480 e. The average molecular weight is 226 g/mol. The summed E-state index contributed by atoms with van der Waals surface area (Å²) in [6.45, 7) is 3.12. The molecule has 12 heavy (non-hydrogen) atoms. The Morgan fingerprint density at radius 3 is 1.33 bits per heavy atom. The van der Waals surface area contributed by atoms with Gasteiger partial charge in [-0.15, -0.1) is 0 Å². The van der Waals surface area contributed by atoms with Crippen LogP contribution in [0.5, 0.6) is 0 Å². The average Bonchev–Trinajstić information content (AvgIpc) is 1.90. The molecule has 5 heteroatoms. The van der Waals surface area contributed by atoms with Gasteiger partial charge >= 0.3 is 11.9 Å². The molecule has 0 spiro atoms. The number of carbonyl (C=O) groups is 2. The van der Waals surface area contributed by atoms with Gasteiger partial charge in [0, 0.05) is 19.5 Å². The first-order chi connectivity index (χ1) is 5.01. The third-order valence-corrected chi connectivity index (χ3v) is 2.03. The Kier molecular flexibility index (Phi) is 6.17. The molecule has 0 bridgehead atoms. The summed E-state index contributed by atoms with van der Waals surface area (Å²) in [4.78, 5) is 21.1. The Hall–Kier alpha value is -0.437. The molecule has 0 aromatic heterocycles. The van der Waals surface area contributed by atoms with Crippen LogP contribution < -0.4 is 0 Å². The fourth-order valence-electron chi connectivity index (χ4n) is 0.946. The van der Waals surface area contributed by atoms with Crippen LogP contribution in [0.15, 0.2) is 0 Å². The number of rotatable bonds is 4. The Morgan fingerprint density at radius 2 is 1.33 bits per heavy atom. The van der Waals surface area contributed by atoms with Crippen molar-refractivity contribution in [2.24, 2.45) is 5.41 Å². The molecule has 0 aliphatic heterocycles. The first-order valence-electron chi connectivity index (χ1n) is 3.48. The number of hydrogen-bond donors (Lipinski definition) is 2. The topological polar surface area (TPSA) is 74.6 Å². The third kappa shape index (κ3) is 2.27. The van der Waals surface area contributed by atoms with E-state index in [9.17, 15) is 9.59 Å². The molecular weight excluding hydrogens is 213 g/mol. The molecule has 0 fully saturated rings. The molecule has 0 saturated carbocycles. The molecule has 0 amide bonds. The fraction of sp³-hybridized carbons (Fsp3) is 0.714. The summed E-state index contributed by atoms with van der Waals surface area (Å²) in [5.41, 5.74) is -1.58. The predicted octanol–water partition coefficient (Wildman–Crippen LogP) is 0.960. The van der Waals surface area contributed by atoms with Crippen LogP contribution in [0.25, 0.3) is 0 Å². The van der Waals surface area contributed by atoms with Gasteiger partial charge < -0.3 is 10.2 Å². The summed E-state index contributed by atoms with van der Waals surface area (Å²) in [5, 5.41) is 17.2. The smallest absolute Gasteiger partial charge is 0.321 e. The molecule has 0 rings (SSSR count). The zero-order chi connectivity index (χ0) is 9.07. The second kappa shape index (κ2) is 5.25. The number of aliphatic carboxylic acids is 2. The molecule has 0 aliphatic rings. The van der Waals surface area contributed by atoms with Crippen LogP contribution in [0.2, 0.25) is 0 Å². The maximum Gasteiger partial charge on any atom is 0.321 e. The maximum atomic E-state index is 10.5. The summed E-state index contributed by atoms with van der Waals surface area (Å²) in [7, 11) is 0. The van der Waals surface area contributed by atoms with Crippen molar-refractivity contribution >= 4 is 11.9 Å². The predicted molar refractivity (Wildman–Crippen MR) is 38.3 cm³/mol. The number of carboxylic acid groups (broad SMARTS) is 2. The summed E-state index contributed by atoms with van der Waals surface area (Å²) >= 11 is 0. The van der Waals surface area contributed by atoms with E-state index in [0.29, 0.717) is 0 Å². The van der Waals surface area contributed by atoms with Crippen LogP contribution in [-0.2, 0) is 29.1 Å². The van der Waals surface area contributed by atoms with Crippen molar-refractivity contribution in [3.8, 4) is 0 Å². The Bertz CT molecular complexity index is 158. The van der Waals surface area contributed by atoms with Gasteiger partial charge in [-0.2, -0.15) is 0 Å². The second-order valence-electron chi connectivity index (χ2n) is 2.40. The van der Waals surface area contributed by atoms with Gasteiger partial charge in [-0.3, -0.25) is 9.59 Å². The molecule has 0 aliphatic carbocycles. The van der Waals surface area contributed by atoms with E-state index in [-0.39, 0.29) is 32.3 Å². The van der Waals surface area contributed by atoms with E-state index in [0.717, 1.165) is 0 Å². The SMILES string of the molecule is CCC(CC)(C(=O)O)C(=O)O.[Zn]. The van der Waals surface area contributed by atoms with Gasteiger partial charge in [-0.25, -0.2) is 0 Å². The zero-order valence-corrected chi connectivity index (χ0v) is 10.3. The third-order valence-electron chi connectivity index (χ3n) is 2.03. The van der Waals surface area contributed by atoms with E-state index >= 15 is 0 Å². The summed E-state index contributed by atoms with van der Waals surface area (Å²) < 4.78 is 0. The van der Waals surface area contributed by atoms with Crippen molar-refractivity contribution in [2.75, 3.05) is 0 Å². The number of hydrogen-bond acceptors (Lipinski definition) is 2. The van der Waals surface area contributed by atoms with Crippen molar-refractivity contribution < 1.29 is 39.3 Å². The van der Waals surface area contributed by atoms with Gasteiger partial charge in [0.2, 0.25) is 0 Å². The molecule has 0 unspecified atom stereocenters. The second-order valence-corrected chi connectivity index (χ2v) is 2.40. The van der Waals surface area contributed by atoms with Crippen LogP contribution in [0.4, 0.5) is 0 Å². The van der Waals surface area contributed by atoms with E-state index in [1.54, 1.807) is 13.8 Å². The van der Waals surface area contributed by atoms with Crippen molar-refractivity contribution in [2.45, 2.75) is 26.7 Å². The molecular formula is C7H12O4Zn. The van der Waals surface area contributed by atoms with E-state index < -0.39 is 17.4 Å². The molecule has 0 saturated heterocycles. The zero-order valence-electron chi connectivity index (χ0n) is 7.33. The number of carboxylic acids is 2. The van der Waals surface area contributed by atoms with Crippen LogP contribution in [-0.4, -0.2) is 22.2 Å². The normalized spacial score (nSPS) is 10.2. The summed E-state index contributed by atoms with van der Waals surface area (Å²) in [5.74, 6) is -2.51. The van der Waals surface area contributed by atoms with Crippen molar-refractivity contribution in [1.82, 2.24) is 0 Å². The van der Waals surface area contributed by atoms with Crippen LogP contribution in [0.1, 0.15) is 26.7 Å². The Labute approximate surface area is 83.7 Å².